The van der Waals surface area contributed by atoms with Crippen LogP contribution in [-0.2, 0) is 6.54 Å². The van der Waals surface area contributed by atoms with Crippen LogP contribution in [0.15, 0.2) is 18.3 Å². The largest absolute Gasteiger partial charge is 0.393 e. The normalized spacial score (nSPS) is 21.9. The fourth-order valence-corrected chi connectivity index (χ4v) is 2.76. The number of nitrogens with zero attached hydrogens (tertiary/aromatic N) is 2. The van der Waals surface area contributed by atoms with Gasteiger partial charge in [-0.3, -0.25) is 4.98 Å². The van der Waals surface area contributed by atoms with E-state index in [9.17, 15) is 9.90 Å². The number of halogens is 1. The summed E-state index contributed by atoms with van der Waals surface area (Å²) in [6.07, 6.45) is 5.31. The minimum Gasteiger partial charge on any atom is -0.393 e. The molecule has 0 radical (unpaired) electrons. The van der Waals surface area contributed by atoms with Gasteiger partial charge in [0, 0.05) is 25.7 Å². The van der Waals surface area contributed by atoms with Crippen molar-refractivity contribution >= 4 is 17.6 Å². The Hall–Kier alpha value is -1.33. The summed E-state index contributed by atoms with van der Waals surface area (Å²) in [5.74, 6) is 0.183. The van der Waals surface area contributed by atoms with Crippen molar-refractivity contribution in [3.05, 3.63) is 29.0 Å². The van der Waals surface area contributed by atoms with Gasteiger partial charge >= 0.3 is 6.03 Å². The lowest BCUT2D eigenvalue weighted by Crippen LogP contribution is -2.42. The first kappa shape index (κ1) is 16.0. The smallest absolute Gasteiger partial charge is 0.317 e. The standard InChI is InChI=1S/C15H22ClN3O2/c1-19(10-11-4-2-3-5-14(11)20)15(21)18-9-13-7-6-12(16)8-17-13/h6-8,11,14,20H,2-5,9-10H2,1H3,(H,18,21)/t11-,14+/m1/s1. The SMILES string of the molecule is CN(C[C@H]1CCCC[C@@H]1O)C(=O)NCc1ccc(Cl)cn1. The van der Waals surface area contributed by atoms with Crippen molar-refractivity contribution in [2.75, 3.05) is 13.6 Å². The summed E-state index contributed by atoms with van der Waals surface area (Å²) in [6, 6.07) is 3.38. The summed E-state index contributed by atoms with van der Waals surface area (Å²) in [4.78, 5) is 17.8. The second-order valence-electron chi connectivity index (χ2n) is 5.62. The van der Waals surface area contributed by atoms with Crippen LogP contribution in [0.1, 0.15) is 31.4 Å². The van der Waals surface area contributed by atoms with E-state index in [0.29, 0.717) is 18.1 Å². The molecular weight excluding hydrogens is 290 g/mol. The van der Waals surface area contributed by atoms with Gasteiger partial charge in [-0.2, -0.15) is 0 Å². The van der Waals surface area contributed by atoms with E-state index < -0.39 is 0 Å². The van der Waals surface area contributed by atoms with Crippen LogP contribution in [-0.4, -0.2) is 40.7 Å². The number of nitrogens with one attached hydrogen (secondary N) is 1. The Bertz CT molecular complexity index is 466. The molecule has 1 saturated carbocycles. The number of hydrogen-bond acceptors (Lipinski definition) is 3. The molecule has 0 spiro atoms. The third-order valence-electron chi connectivity index (χ3n) is 3.93. The predicted molar refractivity (Wildman–Crippen MR) is 82.1 cm³/mol. The van der Waals surface area contributed by atoms with Crippen molar-refractivity contribution < 1.29 is 9.90 Å². The molecule has 21 heavy (non-hydrogen) atoms. The first-order valence-corrected chi connectivity index (χ1v) is 7.71. The Morgan fingerprint density at radius 1 is 1.48 bits per heavy atom. The first-order chi connectivity index (χ1) is 10.1. The number of aliphatic hydroxyl groups excluding tert-OH is 1. The van der Waals surface area contributed by atoms with Gasteiger partial charge < -0.3 is 15.3 Å². The number of hydrogen-bond donors (Lipinski definition) is 2. The van der Waals surface area contributed by atoms with Gasteiger partial charge in [-0.05, 0) is 25.0 Å². The summed E-state index contributed by atoms with van der Waals surface area (Å²) in [5.41, 5.74) is 0.763. The summed E-state index contributed by atoms with van der Waals surface area (Å²) < 4.78 is 0. The Kier molecular flexibility index (Phi) is 5.82. The maximum absolute atomic E-state index is 12.0. The molecule has 2 amide bonds. The van der Waals surface area contributed by atoms with E-state index in [0.717, 1.165) is 31.4 Å². The molecule has 116 valence electrons. The van der Waals surface area contributed by atoms with E-state index in [1.807, 2.05) is 0 Å². The van der Waals surface area contributed by atoms with Crippen molar-refractivity contribution in [1.82, 2.24) is 15.2 Å². The van der Waals surface area contributed by atoms with Crippen molar-refractivity contribution in [3.63, 3.8) is 0 Å². The van der Waals surface area contributed by atoms with Crippen LogP contribution < -0.4 is 5.32 Å². The molecule has 1 heterocycles. The summed E-state index contributed by atoms with van der Waals surface area (Å²) >= 11 is 5.77. The fourth-order valence-electron chi connectivity index (χ4n) is 2.65. The van der Waals surface area contributed by atoms with E-state index >= 15 is 0 Å². The Labute approximate surface area is 130 Å². The quantitative estimate of drug-likeness (QED) is 0.897. The van der Waals surface area contributed by atoms with Crippen LogP contribution in [0.3, 0.4) is 0 Å². The summed E-state index contributed by atoms with van der Waals surface area (Å²) in [7, 11) is 1.76. The zero-order chi connectivity index (χ0) is 15.2. The molecule has 2 atom stereocenters. The molecule has 0 bridgehead atoms. The summed E-state index contributed by atoms with van der Waals surface area (Å²) in [5, 5.41) is 13.4. The third kappa shape index (κ3) is 4.86. The predicted octanol–water partition coefficient (Wildman–Crippen LogP) is 2.43. The van der Waals surface area contributed by atoms with Gasteiger partial charge in [0.1, 0.15) is 0 Å². The lowest BCUT2D eigenvalue weighted by molar-refractivity contribution is 0.0565. The molecular formula is C15H22ClN3O2. The zero-order valence-electron chi connectivity index (χ0n) is 12.3. The van der Waals surface area contributed by atoms with Crippen molar-refractivity contribution in [3.8, 4) is 0 Å². The maximum atomic E-state index is 12.0. The number of urea groups is 1. The minimum absolute atomic E-state index is 0.149. The molecule has 0 aromatic carbocycles. The number of rotatable bonds is 4. The monoisotopic (exact) mass is 311 g/mol. The number of amides is 2. The lowest BCUT2D eigenvalue weighted by atomic mass is 9.86. The number of carbonyl (C=O) groups excluding carboxylic acids is 1. The second-order valence-corrected chi connectivity index (χ2v) is 6.06. The highest BCUT2D eigenvalue weighted by Gasteiger charge is 2.25. The van der Waals surface area contributed by atoms with E-state index in [2.05, 4.69) is 10.3 Å². The molecule has 6 heteroatoms. The second kappa shape index (κ2) is 7.61. The Morgan fingerprint density at radius 3 is 2.90 bits per heavy atom. The van der Waals surface area contributed by atoms with Crippen LogP contribution >= 0.6 is 11.6 Å². The number of aliphatic hydroxyl groups is 1. The van der Waals surface area contributed by atoms with Gasteiger partial charge in [0.2, 0.25) is 0 Å². The molecule has 5 nitrogen and oxygen atoms in total. The molecule has 1 aromatic rings. The van der Waals surface area contributed by atoms with Crippen LogP contribution in [0, 0.1) is 5.92 Å². The van der Waals surface area contributed by atoms with E-state index in [1.54, 1.807) is 30.3 Å². The zero-order valence-corrected chi connectivity index (χ0v) is 13.0. The van der Waals surface area contributed by atoms with Crippen LogP contribution in [0.25, 0.3) is 0 Å². The molecule has 1 fully saturated rings. The highest BCUT2D eigenvalue weighted by atomic mass is 35.5. The number of carbonyl (C=O) groups is 1. The van der Waals surface area contributed by atoms with Gasteiger partial charge in [-0.1, -0.05) is 24.4 Å². The molecule has 1 aromatic heterocycles. The van der Waals surface area contributed by atoms with Crippen molar-refractivity contribution in [2.45, 2.75) is 38.3 Å². The van der Waals surface area contributed by atoms with Crippen LogP contribution in [0.5, 0.6) is 0 Å². The van der Waals surface area contributed by atoms with E-state index in [1.165, 1.54) is 0 Å². The van der Waals surface area contributed by atoms with Gasteiger partial charge in [0.25, 0.3) is 0 Å². The Balaban J connectivity index is 1.78. The fraction of sp³-hybridized carbons (Fsp3) is 0.600. The number of aromatic nitrogens is 1. The van der Waals surface area contributed by atoms with Gasteiger partial charge in [-0.15, -0.1) is 0 Å². The molecule has 1 aliphatic rings. The molecule has 2 rings (SSSR count). The summed E-state index contributed by atoms with van der Waals surface area (Å²) in [6.45, 7) is 0.953. The first-order valence-electron chi connectivity index (χ1n) is 7.33. The van der Waals surface area contributed by atoms with Gasteiger partial charge in [-0.25, -0.2) is 4.79 Å². The van der Waals surface area contributed by atoms with Crippen LogP contribution in [0.4, 0.5) is 4.79 Å². The molecule has 2 N–H and O–H groups in total. The topological polar surface area (TPSA) is 65.5 Å². The van der Waals surface area contributed by atoms with Gasteiger partial charge in [0.05, 0.1) is 23.4 Å². The minimum atomic E-state index is -0.285. The van der Waals surface area contributed by atoms with E-state index in [4.69, 9.17) is 11.6 Å². The average Bonchev–Trinajstić information content (AvgIpc) is 2.48. The highest BCUT2D eigenvalue weighted by Crippen LogP contribution is 2.24. The number of pyridine rings is 1. The lowest BCUT2D eigenvalue weighted by Gasteiger charge is -2.31. The Morgan fingerprint density at radius 2 is 2.24 bits per heavy atom. The van der Waals surface area contributed by atoms with Crippen molar-refractivity contribution in [1.29, 1.82) is 0 Å². The average molecular weight is 312 g/mol. The highest BCUT2D eigenvalue weighted by molar-refractivity contribution is 6.30. The third-order valence-corrected chi connectivity index (χ3v) is 4.16. The molecule has 0 saturated heterocycles. The maximum Gasteiger partial charge on any atom is 0.317 e. The van der Waals surface area contributed by atoms with Gasteiger partial charge in [0.15, 0.2) is 0 Å². The van der Waals surface area contributed by atoms with Crippen molar-refractivity contribution in [2.24, 2.45) is 5.92 Å². The molecule has 0 unspecified atom stereocenters. The van der Waals surface area contributed by atoms with E-state index in [-0.39, 0.29) is 18.1 Å². The molecule has 1 aliphatic carbocycles. The van der Waals surface area contributed by atoms with Crippen LogP contribution in [0.2, 0.25) is 5.02 Å². The molecule has 0 aliphatic heterocycles.